The number of nitrogens with zero attached hydrogens (tertiary/aromatic N) is 2. The van der Waals surface area contributed by atoms with Crippen LogP contribution in [0.1, 0.15) is 41.1 Å². The van der Waals surface area contributed by atoms with Crippen molar-refractivity contribution in [3.05, 3.63) is 16.0 Å². The van der Waals surface area contributed by atoms with Gasteiger partial charge in [0, 0.05) is 31.1 Å². The second-order valence-electron chi connectivity index (χ2n) is 7.18. The lowest BCUT2D eigenvalue weighted by Gasteiger charge is -2.33. The largest absolute Gasteiger partial charge is 0.365 e. The van der Waals surface area contributed by atoms with E-state index in [9.17, 15) is 9.59 Å². The molecule has 138 valence electrons. The topological polar surface area (TPSA) is 78.7 Å². The molecule has 1 fully saturated rings. The summed E-state index contributed by atoms with van der Waals surface area (Å²) in [6.07, 6.45) is 2.91. The Balaban J connectivity index is 1.66. The van der Waals surface area contributed by atoms with Crippen molar-refractivity contribution in [1.82, 2.24) is 9.80 Å². The Morgan fingerprint density at radius 2 is 1.92 bits per heavy atom. The van der Waals surface area contributed by atoms with Crippen LogP contribution in [0.25, 0.3) is 0 Å². The summed E-state index contributed by atoms with van der Waals surface area (Å²) in [5.74, 6) is 0.128. The second kappa shape index (κ2) is 7.85. The first-order valence-electron chi connectivity index (χ1n) is 9.16. The molecule has 1 aromatic heterocycles. The molecular weight excluding hydrogens is 336 g/mol. The van der Waals surface area contributed by atoms with Crippen molar-refractivity contribution in [2.24, 2.45) is 11.7 Å². The minimum Gasteiger partial charge on any atom is -0.365 e. The quantitative estimate of drug-likeness (QED) is 0.831. The van der Waals surface area contributed by atoms with E-state index in [4.69, 9.17) is 5.73 Å². The number of anilines is 1. The molecule has 2 aliphatic rings. The summed E-state index contributed by atoms with van der Waals surface area (Å²) in [5.41, 5.74) is 7.20. The molecule has 6 nitrogen and oxygen atoms in total. The fraction of sp³-hybridized carbons (Fsp3) is 0.667. The Bertz CT molecular complexity index is 650. The molecule has 2 amide bonds. The number of hydrogen-bond donors (Lipinski definition) is 2. The summed E-state index contributed by atoms with van der Waals surface area (Å²) in [4.78, 5) is 30.2. The van der Waals surface area contributed by atoms with Crippen LogP contribution in [0.5, 0.6) is 0 Å². The van der Waals surface area contributed by atoms with E-state index in [-0.39, 0.29) is 5.91 Å². The van der Waals surface area contributed by atoms with Crippen molar-refractivity contribution < 1.29 is 9.59 Å². The van der Waals surface area contributed by atoms with Gasteiger partial charge in [0.25, 0.3) is 5.91 Å². The fourth-order valence-corrected chi connectivity index (χ4v) is 5.16. The van der Waals surface area contributed by atoms with Crippen LogP contribution in [0.4, 0.5) is 5.00 Å². The van der Waals surface area contributed by atoms with E-state index >= 15 is 0 Å². The number of nitrogens with two attached hydrogens (primary N) is 1. The summed E-state index contributed by atoms with van der Waals surface area (Å²) in [6, 6.07) is 0. The van der Waals surface area contributed by atoms with E-state index in [2.05, 4.69) is 29.0 Å². The summed E-state index contributed by atoms with van der Waals surface area (Å²) >= 11 is 1.53. The predicted molar refractivity (Wildman–Crippen MR) is 101 cm³/mol. The summed E-state index contributed by atoms with van der Waals surface area (Å²) < 4.78 is 0. The number of thiophene rings is 1. The smallest absolute Gasteiger partial charge is 0.251 e. The molecule has 3 N–H and O–H groups in total. The van der Waals surface area contributed by atoms with Gasteiger partial charge < -0.3 is 16.0 Å². The van der Waals surface area contributed by atoms with Crippen molar-refractivity contribution >= 4 is 28.2 Å². The highest BCUT2D eigenvalue weighted by atomic mass is 32.1. The van der Waals surface area contributed by atoms with Gasteiger partial charge in [-0.3, -0.25) is 14.5 Å². The molecule has 7 heteroatoms. The average molecular weight is 365 g/mol. The molecule has 1 atom stereocenters. The van der Waals surface area contributed by atoms with Crippen molar-refractivity contribution in [3.8, 4) is 0 Å². The first kappa shape index (κ1) is 18.4. The molecule has 0 bridgehead atoms. The van der Waals surface area contributed by atoms with Gasteiger partial charge in [0.05, 0.1) is 12.1 Å². The number of fused-ring (bicyclic) bond motifs is 1. The molecule has 1 saturated heterocycles. The maximum Gasteiger partial charge on any atom is 0.251 e. The van der Waals surface area contributed by atoms with Crippen molar-refractivity contribution in [3.63, 3.8) is 0 Å². The molecule has 1 aromatic rings. The maximum atomic E-state index is 12.5. The second-order valence-corrected chi connectivity index (χ2v) is 8.28. The third-order valence-corrected chi connectivity index (χ3v) is 6.46. The molecule has 0 spiro atoms. The first-order chi connectivity index (χ1) is 12.0. The molecule has 0 saturated carbocycles. The lowest BCUT2D eigenvalue weighted by atomic mass is 9.88. The standard InChI is InChI=1S/C18H28N4O2S/c1-3-21-6-8-22(9-7-21)11-15(23)20-18-16(17(19)24)13-5-4-12(2)10-14(13)25-18/h12H,3-11H2,1-2H3,(H2,19,24)(H,20,23)/t12-/m1/s1. The Morgan fingerprint density at radius 3 is 2.56 bits per heavy atom. The van der Waals surface area contributed by atoms with Crippen LogP contribution < -0.4 is 11.1 Å². The molecule has 25 heavy (non-hydrogen) atoms. The summed E-state index contributed by atoms with van der Waals surface area (Å²) in [7, 11) is 0. The summed E-state index contributed by atoms with van der Waals surface area (Å²) in [5, 5.41) is 3.60. The molecule has 1 aliphatic heterocycles. The van der Waals surface area contributed by atoms with Gasteiger partial charge >= 0.3 is 0 Å². The molecule has 0 aromatic carbocycles. The van der Waals surface area contributed by atoms with Crippen LogP contribution in [0, 0.1) is 5.92 Å². The van der Waals surface area contributed by atoms with E-state index in [1.54, 1.807) is 0 Å². The zero-order valence-electron chi connectivity index (χ0n) is 15.1. The fourth-order valence-electron chi connectivity index (χ4n) is 3.73. The minimum atomic E-state index is -0.432. The normalized spacial score (nSPS) is 21.8. The van der Waals surface area contributed by atoms with E-state index in [1.807, 2.05) is 0 Å². The number of likely N-dealkylation sites (N-methyl/N-ethyl adjacent to an activating group) is 1. The van der Waals surface area contributed by atoms with Gasteiger partial charge in [-0.25, -0.2) is 0 Å². The Morgan fingerprint density at radius 1 is 1.24 bits per heavy atom. The highest BCUT2D eigenvalue weighted by Crippen LogP contribution is 2.39. The van der Waals surface area contributed by atoms with Crippen LogP contribution in [0.3, 0.4) is 0 Å². The van der Waals surface area contributed by atoms with E-state index in [1.165, 1.54) is 16.2 Å². The van der Waals surface area contributed by atoms with Gasteiger partial charge in [0.15, 0.2) is 0 Å². The van der Waals surface area contributed by atoms with Gasteiger partial charge in [-0.1, -0.05) is 13.8 Å². The Labute approximate surface area is 153 Å². The third kappa shape index (κ3) is 4.22. The number of primary amides is 1. The predicted octanol–water partition coefficient (Wildman–Crippen LogP) is 1.55. The third-order valence-electron chi connectivity index (χ3n) is 5.29. The molecule has 2 heterocycles. The molecule has 3 rings (SSSR count). The monoisotopic (exact) mass is 364 g/mol. The molecule has 0 unspecified atom stereocenters. The lowest BCUT2D eigenvalue weighted by molar-refractivity contribution is -0.117. The van der Waals surface area contributed by atoms with E-state index < -0.39 is 5.91 Å². The number of piperazine rings is 1. The SMILES string of the molecule is CCN1CCN(CC(=O)Nc2sc3c(c2C(N)=O)CC[C@@H](C)C3)CC1. The van der Waals surface area contributed by atoms with Crippen LogP contribution in [-0.2, 0) is 17.6 Å². The van der Waals surface area contributed by atoms with Crippen molar-refractivity contribution in [2.75, 3.05) is 44.6 Å². The van der Waals surface area contributed by atoms with Crippen LogP contribution >= 0.6 is 11.3 Å². The minimum absolute atomic E-state index is 0.0564. The van der Waals surface area contributed by atoms with Gasteiger partial charge in [0.2, 0.25) is 5.91 Å². The van der Waals surface area contributed by atoms with Crippen molar-refractivity contribution in [2.45, 2.75) is 33.1 Å². The van der Waals surface area contributed by atoms with E-state index in [0.29, 0.717) is 23.0 Å². The highest BCUT2D eigenvalue weighted by Gasteiger charge is 2.27. The zero-order chi connectivity index (χ0) is 18.0. The first-order valence-corrected chi connectivity index (χ1v) is 9.98. The van der Waals surface area contributed by atoms with Gasteiger partial charge in [-0.15, -0.1) is 11.3 Å². The zero-order valence-corrected chi connectivity index (χ0v) is 16.0. The Kier molecular flexibility index (Phi) is 5.76. The Hall–Kier alpha value is -1.44. The van der Waals surface area contributed by atoms with E-state index in [0.717, 1.165) is 57.5 Å². The highest BCUT2D eigenvalue weighted by molar-refractivity contribution is 7.17. The number of nitrogens with one attached hydrogen (secondary N) is 1. The number of carbonyl (C=O) groups excluding carboxylic acids is 2. The van der Waals surface area contributed by atoms with Crippen molar-refractivity contribution in [1.29, 1.82) is 0 Å². The number of amides is 2. The van der Waals surface area contributed by atoms with Gasteiger partial charge in [-0.05, 0) is 37.3 Å². The van der Waals surface area contributed by atoms with Gasteiger partial charge in [0.1, 0.15) is 5.00 Å². The van der Waals surface area contributed by atoms with Gasteiger partial charge in [-0.2, -0.15) is 0 Å². The maximum absolute atomic E-state index is 12.5. The number of carbonyl (C=O) groups is 2. The molecule has 0 radical (unpaired) electrons. The number of rotatable bonds is 5. The lowest BCUT2D eigenvalue weighted by Crippen LogP contribution is -2.48. The average Bonchev–Trinajstić information content (AvgIpc) is 2.92. The summed E-state index contributed by atoms with van der Waals surface area (Å²) in [6.45, 7) is 9.62. The molecular formula is C18H28N4O2S. The van der Waals surface area contributed by atoms with Crippen LogP contribution in [-0.4, -0.2) is 60.9 Å². The van der Waals surface area contributed by atoms with Crippen LogP contribution in [0.15, 0.2) is 0 Å². The molecule has 1 aliphatic carbocycles. The van der Waals surface area contributed by atoms with Crippen LogP contribution in [0.2, 0.25) is 0 Å². The number of hydrogen-bond acceptors (Lipinski definition) is 5.